The minimum absolute atomic E-state index is 0.450. The number of benzene rings is 1. The van der Waals surface area contributed by atoms with Crippen molar-refractivity contribution in [2.75, 3.05) is 0 Å². The van der Waals surface area contributed by atoms with Crippen LogP contribution >= 0.6 is 55.2 Å². The fourth-order valence-electron chi connectivity index (χ4n) is 1.13. The van der Waals surface area contributed by atoms with Crippen molar-refractivity contribution in [2.45, 2.75) is 10.6 Å². The van der Waals surface area contributed by atoms with Crippen LogP contribution in [0.2, 0.25) is 5.15 Å². The van der Waals surface area contributed by atoms with Crippen LogP contribution in [0.5, 0.6) is 0 Å². The molecule has 0 aliphatic rings. The van der Waals surface area contributed by atoms with E-state index in [9.17, 15) is 0 Å². The monoisotopic (exact) mass is 392 g/mol. The summed E-state index contributed by atoms with van der Waals surface area (Å²) >= 11 is 14.2. The number of aromatic nitrogens is 2. The molecule has 1 heterocycles. The molecule has 17 heavy (non-hydrogen) atoms. The molecule has 0 amide bonds. The van der Waals surface area contributed by atoms with Crippen molar-refractivity contribution >= 4 is 55.2 Å². The van der Waals surface area contributed by atoms with Gasteiger partial charge in [0, 0.05) is 15.6 Å². The summed E-state index contributed by atoms with van der Waals surface area (Å²) < 4.78 is 1.79. The molecule has 0 aliphatic heterocycles. The van der Waals surface area contributed by atoms with Gasteiger partial charge in [0.15, 0.2) is 0 Å². The molecule has 0 radical (unpaired) electrons. The van der Waals surface area contributed by atoms with Crippen molar-refractivity contribution < 1.29 is 0 Å². The first-order valence-electron chi connectivity index (χ1n) is 4.70. The molecular weight excluding hydrogens is 387 g/mol. The number of hydrogen-bond donors (Lipinski definition) is 0. The van der Waals surface area contributed by atoms with Crippen LogP contribution in [0.1, 0.15) is 5.82 Å². The van der Waals surface area contributed by atoms with Crippen molar-refractivity contribution in [2.24, 2.45) is 0 Å². The fourth-order valence-corrected chi connectivity index (χ4v) is 2.49. The van der Waals surface area contributed by atoms with Crippen molar-refractivity contribution in [1.82, 2.24) is 9.97 Å². The molecular formula is C11H7Br2ClN2S. The average Bonchev–Trinajstić information content (AvgIpc) is 2.33. The summed E-state index contributed by atoms with van der Waals surface area (Å²) in [5.41, 5.74) is 0. The predicted octanol–water partition coefficient (Wildman–Crippen LogP) is 4.95. The van der Waals surface area contributed by atoms with E-state index >= 15 is 0 Å². The van der Waals surface area contributed by atoms with E-state index in [0.29, 0.717) is 10.9 Å². The lowest BCUT2D eigenvalue weighted by Crippen LogP contribution is -1.92. The molecule has 0 spiro atoms. The number of halogens is 3. The number of thioether (sulfide) groups is 1. The average molecular weight is 395 g/mol. The van der Waals surface area contributed by atoms with Gasteiger partial charge >= 0.3 is 0 Å². The molecule has 2 nitrogen and oxygen atoms in total. The zero-order valence-electron chi connectivity index (χ0n) is 8.53. The molecule has 0 bridgehead atoms. The summed E-state index contributed by atoms with van der Waals surface area (Å²) in [5, 5.41) is 0.450. The summed E-state index contributed by atoms with van der Waals surface area (Å²) in [5.74, 6) is 1.43. The highest BCUT2D eigenvalue weighted by atomic mass is 79.9. The van der Waals surface area contributed by atoms with E-state index in [2.05, 4.69) is 54.0 Å². The second kappa shape index (κ2) is 6.18. The molecule has 0 fully saturated rings. The molecule has 2 rings (SSSR count). The minimum Gasteiger partial charge on any atom is -0.239 e. The van der Waals surface area contributed by atoms with Crippen LogP contribution in [-0.2, 0) is 5.75 Å². The van der Waals surface area contributed by atoms with Gasteiger partial charge in [0.05, 0.1) is 10.2 Å². The first-order valence-corrected chi connectivity index (χ1v) is 7.65. The van der Waals surface area contributed by atoms with Gasteiger partial charge in [-0.25, -0.2) is 9.97 Å². The van der Waals surface area contributed by atoms with Crippen LogP contribution in [0.25, 0.3) is 0 Å². The number of nitrogens with zero attached hydrogens (tertiary/aromatic N) is 2. The van der Waals surface area contributed by atoms with Crippen LogP contribution < -0.4 is 0 Å². The van der Waals surface area contributed by atoms with E-state index in [-0.39, 0.29) is 0 Å². The van der Waals surface area contributed by atoms with Crippen molar-refractivity contribution in [3.05, 3.63) is 50.4 Å². The van der Waals surface area contributed by atoms with Gasteiger partial charge in [-0.3, -0.25) is 0 Å². The molecule has 0 aliphatic carbocycles. The van der Waals surface area contributed by atoms with E-state index in [1.54, 1.807) is 18.0 Å². The zero-order chi connectivity index (χ0) is 12.3. The summed E-state index contributed by atoms with van der Waals surface area (Å²) in [7, 11) is 0. The maximum atomic E-state index is 5.90. The molecule has 0 saturated carbocycles. The highest BCUT2D eigenvalue weighted by Gasteiger charge is 2.03. The van der Waals surface area contributed by atoms with E-state index in [0.717, 1.165) is 14.8 Å². The lowest BCUT2D eigenvalue weighted by molar-refractivity contribution is 1.02. The molecule has 2 aromatic rings. The Hall–Kier alpha value is -0.100. The highest BCUT2D eigenvalue weighted by molar-refractivity contribution is 9.10. The van der Waals surface area contributed by atoms with E-state index in [4.69, 9.17) is 11.6 Å². The molecule has 0 atom stereocenters. The Balaban J connectivity index is 2.02. The van der Waals surface area contributed by atoms with Crippen LogP contribution in [-0.4, -0.2) is 9.97 Å². The normalized spacial score (nSPS) is 10.5. The SMILES string of the molecule is Clc1nc(CSc2ccc(Br)cc2)ncc1Br. The fraction of sp³-hybridized carbons (Fsp3) is 0.0909. The second-order valence-electron chi connectivity index (χ2n) is 3.17. The van der Waals surface area contributed by atoms with Gasteiger partial charge in [-0.15, -0.1) is 11.8 Å². The Labute approximate surface area is 125 Å². The van der Waals surface area contributed by atoms with E-state index in [1.807, 2.05) is 12.1 Å². The number of hydrogen-bond acceptors (Lipinski definition) is 3. The van der Waals surface area contributed by atoms with Gasteiger partial charge in [-0.1, -0.05) is 27.5 Å². The first-order chi connectivity index (χ1) is 8.15. The molecule has 0 N–H and O–H groups in total. The Morgan fingerprint density at radius 3 is 2.53 bits per heavy atom. The Bertz CT molecular complexity index is 519. The van der Waals surface area contributed by atoms with Crippen LogP contribution in [0.15, 0.2) is 44.3 Å². The van der Waals surface area contributed by atoms with E-state index in [1.165, 1.54) is 4.90 Å². The Morgan fingerprint density at radius 1 is 1.18 bits per heavy atom. The standard InChI is InChI=1S/C11H7Br2ClN2S/c12-7-1-3-8(4-2-7)17-6-10-15-5-9(13)11(14)16-10/h1-5H,6H2. The minimum atomic E-state index is 0.450. The Kier molecular flexibility index (Phi) is 4.85. The molecule has 88 valence electrons. The maximum Gasteiger partial charge on any atom is 0.146 e. The van der Waals surface area contributed by atoms with Gasteiger partial charge < -0.3 is 0 Å². The molecule has 1 aromatic carbocycles. The summed E-state index contributed by atoms with van der Waals surface area (Å²) in [6.45, 7) is 0. The smallest absolute Gasteiger partial charge is 0.146 e. The quantitative estimate of drug-likeness (QED) is 0.544. The number of rotatable bonds is 3. The first kappa shape index (κ1) is 13.3. The molecule has 6 heteroatoms. The van der Waals surface area contributed by atoms with Crippen LogP contribution in [0.3, 0.4) is 0 Å². The Morgan fingerprint density at radius 2 is 1.88 bits per heavy atom. The predicted molar refractivity (Wildman–Crippen MR) is 78.4 cm³/mol. The molecule has 0 saturated heterocycles. The highest BCUT2D eigenvalue weighted by Crippen LogP contribution is 2.25. The summed E-state index contributed by atoms with van der Waals surface area (Å²) in [4.78, 5) is 9.56. The third-order valence-corrected chi connectivity index (χ3v) is 4.57. The van der Waals surface area contributed by atoms with Gasteiger partial charge in [0.25, 0.3) is 0 Å². The van der Waals surface area contributed by atoms with Gasteiger partial charge in [-0.2, -0.15) is 0 Å². The summed E-state index contributed by atoms with van der Waals surface area (Å²) in [6.07, 6.45) is 1.67. The summed E-state index contributed by atoms with van der Waals surface area (Å²) in [6, 6.07) is 8.12. The lowest BCUT2D eigenvalue weighted by atomic mass is 10.4. The zero-order valence-corrected chi connectivity index (χ0v) is 13.3. The second-order valence-corrected chi connectivity index (χ2v) is 6.34. The third kappa shape index (κ3) is 3.95. The van der Waals surface area contributed by atoms with Crippen LogP contribution in [0.4, 0.5) is 0 Å². The van der Waals surface area contributed by atoms with Crippen molar-refractivity contribution in [3.8, 4) is 0 Å². The molecule has 0 unspecified atom stereocenters. The molecule has 1 aromatic heterocycles. The van der Waals surface area contributed by atoms with Crippen molar-refractivity contribution in [1.29, 1.82) is 0 Å². The van der Waals surface area contributed by atoms with Gasteiger partial charge in [-0.05, 0) is 40.2 Å². The van der Waals surface area contributed by atoms with E-state index < -0.39 is 0 Å². The van der Waals surface area contributed by atoms with Gasteiger partial charge in [0.2, 0.25) is 0 Å². The van der Waals surface area contributed by atoms with Crippen molar-refractivity contribution in [3.63, 3.8) is 0 Å². The lowest BCUT2D eigenvalue weighted by Gasteiger charge is -2.02. The van der Waals surface area contributed by atoms with Gasteiger partial charge in [0.1, 0.15) is 11.0 Å². The topological polar surface area (TPSA) is 25.8 Å². The van der Waals surface area contributed by atoms with Crippen LogP contribution in [0, 0.1) is 0 Å². The third-order valence-electron chi connectivity index (χ3n) is 1.93. The largest absolute Gasteiger partial charge is 0.239 e. The maximum absolute atomic E-state index is 5.90.